The van der Waals surface area contributed by atoms with Crippen LogP contribution in [0, 0.1) is 5.82 Å². The van der Waals surface area contributed by atoms with E-state index >= 15 is 0 Å². The van der Waals surface area contributed by atoms with Crippen LogP contribution in [-0.2, 0) is 0 Å². The quantitative estimate of drug-likeness (QED) is 0.711. The molecule has 1 aliphatic heterocycles. The molecular weight excluding hydrogens is 329 g/mol. The maximum Gasteiger partial charge on any atom is 0.254 e. The first-order valence-electron chi connectivity index (χ1n) is 8.75. The van der Waals surface area contributed by atoms with E-state index in [2.05, 4.69) is 16.9 Å². The highest BCUT2D eigenvalue weighted by molar-refractivity contribution is 6.07. The number of halogens is 1. The predicted molar refractivity (Wildman–Crippen MR) is 101 cm³/mol. The molecule has 0 N–H and O–H groups in total. The number of amides is 1. The Kier molecular flexibility index (Phi) is 4.39. The van der Waals surface area contributed by atoms with Crippen LogP contribution in [0.25, 0.3) is 22.2 Å². The van der Waals surface area contributed by atoms with Gasteiger partial charge in [-0.15, -0.1) is 0 Å². The lowest BCUT2D eigenvalue weighted by Gasteiger charge is -2.32. The summed E-state index contributed by atoms with van der Waals surface area (Å²) in [6.45, 7) is 3.19. The number of fused-ring (bicyclic) bond motifs is 1. The lowest BCUT2D eigenvalue weighted by Crippen LogP contribution is -2.47. The highest BCUT2D eigenvalue weighted by Crippen LogP contribution is 2.26. The molecule has 0 unspecified atom stereocenters. The second kappa shape index (κ2) is 6.84. The normalized spacial score (nSPS) is 15.4. The van der Waals surface area contributed by atoms with E-state index in [4.69, 9.17) is 0 Å². The third-order valence-electron chi connectivity index (χ3n) is 4.88. The van der Waals surface area contributed by atoms with Gasteiger partial charge in [0, 0.05) is 37.1 Å². The van der Waals surface area contributed by atoms with E-state index in [1.165, 1.54) is 12.1 Å². The maximum absolute atomic E-state index is 13.3. The zero-order valence-electron chi connectivity index (χ0n) is 14.7. The Labute approximate surface area is 151 Å². The van der Waals surface area contributed by atoms with Gasteiger partial charge in [0.05, 0.1) is 16.8 Å². The summed E-state index contributed by atoms with van der Waals surface area (Å²) < 4.78 is 13.3. The Morgan fingerprint density at radius 3 is 2.42 bits per heavy atom. The Morgan fingerprint density at radius 2 is 1.69 bits per heavy atom. The van der Waals surface area contributed by atoms with Gasteiger partial charge in [-0.3, -0.25) is 4.79 Å². The zero-order chi connectivity index (χ0) is 18.1. The fourth-order valence-electron chi connectivity index (χ4n) is 3.30. The van der Waals surface area contributed by atoms with Gasteiger partial charge in [0.2, 0.25) is 0 Å². The fraction of sp³-hybridized carbons (Fsp3) is 0.238. The number of carbonyl (C=O) groups is 1. The molecule has 4 rings (SSSR count). The molecule has 132 valence electrons. The number of likely N-dealkylation sites (N-methyl/N-ethyl adjacent to an activating group) is 1. The molecule has 0 radical (unpaired) electrons. The van der Waals surface area contributed by atoms with E-state index < -0.39 is 0 Å². The van der Waals surface area contributed by atoms with E-state index in [9.17, 15) is 9.18 Å². The first kappa shape index (κ1) is 16.7. The summed E-state index contributed by atoms with van der Waals surface area (Å²) in [6, 6.07) is 15.7. The molecule has 2 heterocycles. The summed E-state index contributed by atoms with van der Waals surface area (Å²) in [5, 5.41) is 0.849. The van der Waals surface area contributed by atoms with Crippen molar-refractivity contribution < 1.29 is 9.18 Å². The third-order valence-corrected chi connectivity index (χ3v) is 4.88. The van der Waals surface area contributed by atoms with Crippen molar-refractivity contribution in [2.45, 2.75) is 0 Å². The van der Waals surface area contributed by atoms with Crippen LogP contribution in [0.15, 0.2) is 54.6 Å². The van der Waals surface area contributed by atoms with Gasteiger partial charge in [-0.25, -0.2) is 9.37 Å². The Morgan fingerprint density at radius 1 is 1.00 bits per heavy atom. The molecule has 0 spiro atoms. The number of hydrogen-bond donors (Lipinski definition) is 0. The molecule has 1 saturated heterocycles. The Hall–Kier alpha value is -2.79. The van der Waals surface area contributed by atoms with E-state index in [0.717, 1.165) is 42.6 Å². The van der Waals surface area contributed by atoms with Gasteiger partial charge < -0.3 is 9.80 Å². The van der Waals surface area contributed by atoms with Gasteiger partial charge in [-0.2, -0.15) is 0 Å². The van der Waals surface area contributed by atoms with Crippen molar-refractivity contribution in [2.24, 2.45) is 0 Å². The highest BCUT2D eigenvalue weighted by Gasteiger charge is 2.23. The second-order valence-electron chi connectivity index (χ2n) is 6.67. The number of para-hydroxylation sites is 1. The summed E-state index contributed by atoms with van der Waals surface area (Å²) >= 11 is 0. The second-order valence-corrected chi connectivity index (χ2v) is 6.67. The van der Waals surface area contributed by atoms with Crippen molar-refractivity contribution in [1.82, 2.24) is 14.8 Å². The standard InChI is InChI=1S/C21H20FN3O/c1-24-10-12-25(13-11-24)21(26)18-14-20(15-6-8-16(22)9-7-15)23-19-5-3-2-4-17(18)19/h2-9,14H,10-13H2,1H3. The summed E-state index contributed by atoms with van der Waals surface area (Å²) in [5.74, 6) is -0.261. The minimum Gasteiger partial charge on any atom is -0.336 e. The first-order valence-corrected chi connectivity index (χ1v) is 8.75. The number of aromatic nitrogens is 1. The summed E-state index contributed by atoms with van der Waals surface area (Å²) in [5.41, 5.74) is 2.90. The maximum atomic E-state index is 13.3. The lowest BCUT2D eigenvalue weighted by atomic mass is 10.0. The van der Waals surface area contributed by atoms with E-state index in [0.29, 0.717) is 11.3 Å². The summed E-state index contributed by atoms with van der Waals surface area (Å²) in [7, 11) is 2.07. The number of carbonyl (C=O) groups excluding carboxylic acids is 1. The Bertz CT molecular complexity index is 947. The molecular formula is C21H20FN3O. The van der Waals surface area contributed by atoms with Crippen molar-refractivity contribution in [3.05, 3.63) is 66.0 Å². The highest BCUT2D eigenvalue weighted by atomic mass is 19.1. The molecule has 1 amide bonds. The van der Waals surface area contributed by atoms with Crippen LogP contribution >= 0.6 is 0 Å². The van der Waals surface area contributed by atoms with E-state index in [-0.39, 0.29) is 11.7 Å². The van der Waals surface area contributed by atoms with Crippen LogP contribution < -0.4 is 0 Å². The minimum atomic E-state index is -0.289. The van der Waals surface area contributed by atoms with Gasteiger partial charge >= 0.3 is 0 Å². The van der Waals surface area contributed by atoms with Gasteiger partial charge in [0.15, 0.2) is 0 Å². The zero-order valence-corrected chi connectivity index (χ0v) is 14.7. The number of rotatable bonds is 2. The van der Waals surface area contributed by atoms with Crippen LogP contribution in [0.2, 0.25) is 0 Å². The van der Waals surface area contributed by atoms with Gasteiger partial charge in [0.1, 0.15) is 5.82 Å². The molecule has 26 heavy (non-hydrogen) atoms. The molecule has 1 fully saturated rings. The van der Waals surface area contributed by atoms with Crippen LogP contribution in [0.4, 0.5) is 4.39 Å². The van der Waals surface area contributed by atoms with Crippen molar-refractivity contribution in [3.63, 3.8) is 0 Å². The Balaban J connectivity index is 1.79. The molecule has 3 aromatic rings. The number of nitrogens with zero attached hydrogens (tertiary/aromatic N) is 3. The lowest BCUT2D eigenvalue weighted by molar-refractivity contribution is 0.0666. The first-order chi connectivity index (χ1) is 12.6. The number of hydrogen-bond acceptors (Lipinski definition) is 3. The molecule has 5 heteroatoms. The van der Waals surface area contributed by atoms with Crippen LogP contribution in [0.3, 0.4) is 0 Å². The monoisotopic (exact) mass is 349 g/mol. The fourth-order valence-corrected chi connectivity index (χ4v) is 3.30. The van der Waals surface area contributed by atoms with Crippen molar-refractivity contribution in [1.29, 1.82) is 0 Å². The SMILES string of the molecule is CN1CCN(C(=O)c2cc(-c3ccc(F)cc3)nc3ccccc23)CC1. The number of pyridine rings is 1. The average Bonchev–Trinajstić information content (AvgIpc) is 2.68. The summed E-state index contributed by atoms with van der Waals surface area (Å²) in [4.78, 5) is 22.0. The van der Waals surface area contributed by atoms with Gasteiger partial charge in [-0.1, -0.05) is 18.2 Å². The molecule has 0 saturated carbocycles. The number of piperazine rings is 1. The number of benzene rings is 2. The molecule has 0 atom stereocenters. The van der Waals surface area contributed by atoms with Crippen molar-refractivity contribution >= 4 is 16.8 Å². The van der Waals surface area contributed by atoms with Crippen LogP contribution in [0.1, 0.15) is 10.4 Å². The van der Waals surface area contributed by atoms with Crippen molar-refractivity contribution in [2.75, 3.05) is 33.2 Å². The topological polar surface area (TPSA) is 36.4 Å². The van der Waals surface area contributed by atoms with E-state index in [1.807, 2.05) is 35.2 Å². The third kappa shape index (κ3) is 3.18. The van der Waals surface area contributed by atoms with E-state index in [1.54, 1.807) is 12.1 Å². The van der Waals surface area contributed by atoms with Crippen LogP contribution in [-0.4, -0.2) is 53.9 Å². The molecule has 0 bridgehead atoms. The van der Waals surface area contributed by atoms with Gasteiger partial charge in [0.25, 0.3) is 5.91 Å². The minimum absolute atomic E-state index is 0.0278. The molecule has 1 aliphatic rings. The molecule has 1 aromatic heterocycles. The molecule has 2 aromatic carbocycles. The van der Waals surface area contributed by atoms with Crippen molar-refractivity contribution in [3.8, 4) is 11.3 Å². The predicted octanol–water partition coefficient (Wildman–Crippen LogP) is 3.43. The summed E-state index contributed by atoms with van der Waals surface area (Å²) in [6.07, 6.45) is 0. The average molecular weight is 349 g/mol. The largest absolute Gasteiger partial charge is 0.336 e. The van der Waals surface area contributed by atoms with Gasteiger partial charge in [-0.05, 0) is 43.4 Å². The van der Waals surface area contributed by atoms with Crippen LogP contribution in [0.5, 0.6) is 0 Å². The molecule has 0 aliphatic carbocycles. The smallest absolute Gasteiger partial charge is 0.254 e. The molecule has 4 nitrogen and oxygen atoms in total.